The molecule has 3 rings (SSSR count). The summed E-state index contributed by atoms with van der Waals surface area (Å²) in [7, 11) is 1.43. The predicted molar refractivity (Wildman–Crippen MR) is 109 cm³/mol. The van der Waals surface area contributed by atoms with Crippen LogP contribution >= 0.6 is 27.5 Å². The van der Waals surface area contributed by atoms with Crippen molar-refractivity contribution in [1.82, 2.24) is 0 Å². The zero-order valence-electron chi connectivity index (χ0n) is 15.0. The minimum atomic E-state index is -0.575. The molecule has 1 aliphatic rings. The number of aliphatic imine (C=N–C) groups is 1. The highest BCUT2D eigenvalue weighted by Gasteiger charge is 2.24. The monoisotopic (exact) mass is 463 g/mol. The van der Waals surface area contributed by atoms with Gasteiger partial charge in [0.15, 0.2) is 17.2 Å². The Morgan fingerprint density at radius 3 is 2.64 bits per heavy atom. The van der Waals surface area contributed by atoms with Gasteiger partial charge in [-0.05, 0) is 48.0 Å². The van der Waals surface area contributed by atoms with Gasteiger partial charge < -0.3 is 14.2 Å². The zero-order chi connectivity index (χ0) is 20.3. The Labute approximate surface area is 174 Å². The van der Waals surface area contributed by atoms with Gasteiger partial charge in [0.1, 0.15) is 0 Å². The van der Waals surface area contributed by atoms with Crippen LogP contribution < -0.4 is 9.47 Å². The molecule has 0 bridgehead atoms. The molecule has 0 atom stereocenters. The van der Waals surface area contributed by atoms with Crippen molar-refractivity contribution in [3.05, 3.63) is 62.7 Å². The van der Waals surface area contributed by atoms with E-state index in [1.54, 1.807) is 31.2 Å². The van der Waals surface area contributed by atoms with Crippen molar-refractivity contribution < 1.29 is 23.8 Å². The summed E-state index contributed by atoms with van der Waals surface area (Å²) in [5, 5.41) is 0.177. The fourth-order valence-corrected chi connectivity index (χ4v) is 2.91. The van der Waals surface area contributed by atoms with E-state index in [0.717, 1.165) is 4.47 Å². The Kier molecular flexibility index (Phi) is 6.16. The molecule has 0 saturated carbocycles. The van der Waals surface area contributed by atoms with Gasteiger partial charge in [0.05, 0.1) is 12.1 Å². The average Bonchev–Trinajstić information content (AvgIpc) is 3.04. The van der Waals surface area contributed by atoms with Gasteiger partial charge >= 0.3 is 11.9 Å². The van der Waals surface area contributed by atoms with E-state index in [9.17, 15) is 9.59 Å². The maximum absolute atomic E-state index is 12.2. The Morgan fingerprint density at radius 1 is 1.29 bits per heavy atom. The smallest absolute Gasteiger partial charge is 0.363 e. The minimum absolute atomic E-state index is 0.120. The number of rotatable bonds is 5. The van der Waals surface area contributed by atoms with E-state index < -0.39 is 11.9 Å². The number of hydrogen-bond donors (Lipinski definition) is 0. The molecule has 6 nitrogen and oxygen atoms in total. The third-order valence-corrected chi connectivity index (χ3v) is 4.58. The van der Waals surface area contributed by atoms with Crippen LogP contribution in [0, 0.1) is 0 Å². The van der Waals surface area contributed by atoms with Crippen LogP contribution in [0.25, 0.3) is 6.08 Å². The molecule has 0 N–H and O–H groups in total. The summed E-state index contributed by atoms with van der Waals surface area (Å²) in [6.45, 7) is 1.67. The molecule has 0 saturated heterocycles. The number of carbonyl (C=O) groups excluding carboxylic acids is 2. The Balaban J connectivity index is 1.94. The fraction of sp³-hybridized carbons (Fsp3) is 0.150. The van der Waals surface area contributed by atoms with E-state index in [1.807, 2.05) is 12.1 Å². The second kappa shape index (κ2) is 8.58. The van der Waals surface area contributed by atoms with Crippen LogP contribution in [0.15, 0.2) is 51.6 Å². The van der Waals surface area contributed by atoms with Crippen LogP contribution in [0.5, 0.6) is 11.5 Å². The summed E-state index contributed by atoms with van der Waals surface area (Å²) >= 11 is 9.59. The van der Waals surface area contributed by atoms with Crippen LogP contribution in [0.3, 0.4) is 0 Å². The van der Waals surface area contributed by atoms with Crippen molar-refractivity contribution >= 4 is 51.4 Å². The highest BCUT2D eigenvalue weighted by Crippen LogP contribution is 2.37. The summed E-state index contributed by atoms with van der Waals surface area (Å²) in [4.78, 5) is 28.0. The van der Waals surface area contributed by atoms with Gasteiger partial charge in [-0.3, -0.25) is 4.79 Å². The van der Waals surface area contributed by atoms with Crippen LogP contribution in [0.4, 0.5) is 0 Å². The van der Waals surface area contributed by atoms with E-state index in [2.05, 4.69) is 20.9 Å². The molecular weight excluding hydrogens is 450 g/mol. The summed E-state index contributed by atoms with van der Waals surface area (Å²) in [6, 6.07) is 10.4. The third-order valence-electron chi connectivity index (χ3n) is 3.77. The molecule has 1 aliphatic heterocycles. The van der Waals surface area contributed by atoms with Gasteiger partial charge in [0.25, 0.3) is 0 Å². The first-order valence-electron chi connectivity index (χ1n) is 8.28. The Bertz CT molecular complexity index is 998. The molecule has 2 aromatic rings. The highest BCUT2D eigenvalue weighted by atomic mass is 79.9. The summed E-state index contributed by atoms with van der Waals surface area (Å²) in [5.41, 5.74) is 1.35. The van der Waals surface area contributed by atoms with E-state index in [0.29, 0.717) is 11.1 Å². The van der Waals surface area contributed by atoms with Gasteiger partial charge in [-0.2, -0.15) is 0 Å². The lowest BCUT2D eigenvalue weighted by atomic mass is 10.1. The van der Waals surface area contributed by atoms with Crippen LogP contribution in [-0.2, 0) is 14.3 Å². The summed E-state index contributed by atoms with van der Waals surface area (Å²) in [6.07, 6.45) is 1.72. The maximum Gasteiger partial charge on any atom is 0.363 e. The molecule has 0 aliphatic carbocycles. The topological polar surface area (TPSA) is 74.2 Å². The number of carbonyl (C=O) groups is 2. The molecule has 0 unspecified atom stereocenters. The van der Waals surface area contributed by atoms with Gasteiger partial charge in [0.2, 0.25) is 5.90 Å². The molecule has 28 heavy (non-hydrogen) atoms. The van der Waals surface area contributed by atoms with Gasteiger partial charge in [0, 0.05) is 16.5 Å². The van der Waals surface area contributed by atoms with Crippen molar-refractivity contribution in [1.29, 1.82) is 0 Å². The Hall–Kier alpha value is -2.64. The number of esters is 2. The molecule has 8 heteroatoms. The molecule has 144 valence electrons. The van der Waals surface area contributed by atoms with Crippen molar-refractivity contribution in [3.63, 3.8) is 0 Å². The highest BCUT2D eigenvalue weighted by molar-refractivity contribution is 9.10. The van der Waals surface area contributed by atoms with Crippen molar-refractivity contribution in [2.24, 2.45) is 4.99 Å². The molecule has 0 amide bonds. The lowest BCUT2D eigenvalue weighted by Gasteiger charge is -2.11. The maximum atomic E-state index is 12.2. The number of nitrogens with zero attached hydrogens (tertiary/aromatic N) is 1. The molecule has 0 spiro atoms. The van der Waals surface area contributed by atoms with Crippen molar-refractivity contribution in [2.75, 3.05) is 7.11 Å². The first kappa shape index (κ1) is 20.1. The number of cyclic esters (lactones) is 1. The number of methoxy groups -OCH3 is 1. The van der Waals surface area contributed by atoms with E-state index in [-0.39, 0.29) is 34.5 Å². The average molecular weight is 465 g/mol. The number of hydrogen-bond acceptors (Lipinski definition) is 6. The lowest BCUT2D eigenvalue weighted by molar-refractivity contribution is -0.134. The minimum Gasteiger partial charge on any atom is -0.493 e. The van der Waals surface area contributed by atoms with Gasteiger partial charge in [-0.15, -0.1) is 0 Å². The number of halogens is 2. The van der Waals surface area contributed by atoms with Crippen LogP contribution in [0.1, 0.15) is 24.5 Å². The van der Waals surface area contributed by atoms with Crippen molar-refractivity contribution in [3.8, 4) is 11.5 Å². The number of ether oxygens (including phenoxy) is 3. The second-order valence-corrected chi connectivity index (χ2v) is 7.03. The summed E-state index contributed by atoms with van der Waals surface area (Å²) < 4.78 is 16.6. The largest absolute Gasteiger partial charge is 0.493 e. The second-order valence-electron chi connectivity index (χ2n) is 5.70. The lowest BCUT2D eigenvalue weighted by Crippen LogP contribution is -2.07. The van der Waals surface area contributed by atoms with Gasteiger partial charge in [-0.25, -0.2) is 9.79 Å². The normalized spacial score (nSPS) is 14.6. The molecular formula is C20H15BrClNO5. The first-order chi connectivity index (χ1) is 13.4. The van der Waals surface area contributed by atoms with Crippen molar-refractivity contribution in [2.45, 2.75) is 13.3 Å². The fourth-order valence-electron chi connectivity index (χ4n) is 2.39. The zero-order valence-corrected chi connectivity index (χ0v) is 17.3. The van der Waals surface area contributed by atoms with Crippen LogP contribution in [-0.4, -0.2) is 24.9 Å². The molecule has 2 aromatic carbocycles. The predicted octanol–water partition coefficient (Wildman–Crippen LogP) is 4.77. The Morgan fingerprint density at radius 2 is 2.00 bits per heavy atom. The van der Waals surface area contributed by atoms with E-state index >= 15 is 0 Å². The van der Waals surface area contributed by atoms with Gasteiger partial charge in [-0.1, -0.05) is 34.5 Å². The van der Waals surface area contributed by atoms with E-state index in [1.165, 1.54) is 13.2 Å². The summed E-state index contributed by atoms with van der Waals surface area (Å²) in [5.74, 6) is -0.393. The number of benzene rings is 2. The molecule has 0 fully saturated rings. The quantitative estimate of drug-likeness (QED) is 0.362. The van der Waals surface area contributed by atoms with Crippen LogP contribution in [0.2, 0.25) is 5.02 Å². The standard InChI is InChI=1S/C20H15BrClNO5/c1-3-17(24)27-18-14(22)8-11(10-16(18)26-2)9-15-20(25)28-19(23-15)12-4-6-13(21)7-5-12/h4-10H,3H2,1-2H3/b15-9-. The van der Waals surface area contributed by atoms with E-state index in [4.69, 9.17) is 25.8 Å². The molecule has 0 aromatic heterocycles. The third kappa shape index (κ3) is 4.43. The molecule has 0 radical (unpaired) electrons. The first-order valence-corrected chi connectivity index (χ1v) is 9.45. The SMILES string of the molecule is CCC(=O)Oc1c(Cl)cc(/C=C2\N=C(c3ccc(Br)cc3)OC2=O)cc1OC. The molecule has 1 heterocycles.